The molecule has 1 saturated carbocycles. The number of anilines is 1. The Kier molecular flexibility index (Phi) is 7.37. The molecule has 0 unspecified atom stereocenters. The van der Waals surface area contributed by atoms with Crippen molar-refractivity contribution in [1.29, 1.82) is 0 Å². The SMILES string of the molecule is Fc1cnc(N2CC[C@@H](OCC3CC3)[C@@H]2Cc2ccncc2)nc1.O=C(O)C(F)(F)F. The molecule has 11 heteroatoms. The van der Waals surface area contributed by atoms with Crippen molar-refractivity contribution in [3.05, 3.63) is 48.3 Å². The van der Waals surface area contributed by atoms with Gasteiger partial charge < -0.3 is 14.7 Å². The van der Waals surface area contributed by atoms with Crippen LogP contribution in [0.5, 0.6) is 0 Å². The normalized spacial score (nSPS) is 20.8. The molecule has 2 aromatic heterocycles. The topological polar surface area (TPSA) is 88.4 Å². The number of halogens is 4. The number of hydrogen-bond acceptors (Lipinski definition) is 6. The lowest BCUT2D eigenvalue weighted by Crippen LogP contribution is -2.39. The molecule has 1 aliphatic heterocycles. The fourth-order valence-corrected chi connectivity index (χ4v) is 3.27. The van der Waals surface area contributed by atoms with Crippen molar-refractivity contribution in [3.63, 3.8) is 0 Å². The zero-order chi connectivity index (χ0) is 22.4. The van der Waals surface area contributed by atoms with E-state index in [0.717, 1.165) is 31.9 Å². The Balaban J connectivity index is 0.000000339. The molecule has 2 atom stereocenters. The number of carboxylic acids is 1. The molecule has 1 saturated heterocycles. The zero-order valence-corrected chi connectivity index (χ0v) is 16.5. The van der Waals surface area contributed by atoms with Gasteiger partial charge >= 0.3 is 12.1 Å². The summed E-state index contributed by atoms with van der Waals surface area (Å²) in [7, 11) is 0. The molecule has 2 aliphatic rings. The summed E-state index contributed by atoms with van der Waals surface area (Å²) < 4.78 is 51.1. The summed E-state index contributed by atoms with van der Waals surface area (Å²) in [6, 6.07) is 4.22. The standard InChI is InChI=1S/C18H21FN4O.C2HF3O2/c19-15-10-21-18(22-11-15)23-8-5-17(24-12-14-1-2-14)16(23)9-13-3-6-20-7-4-13;3-2(4,5)1(6)7/h3-4,6-7,10-11,14,16-17H,1-2,5,8-9,12H2;(H,6,7)/t16-,17+;/m0./s1. The molecule has 0 amide bonds. The summed E-state index contributed by atoms with van der Waals surface area (Å²) in [6.07, 6.45) is 5.51. The number of nitrogens with zero attached hydrogens (tertiary/aromatic N) is 4. The van der Waals surface area contributed by atoms with Gasteiger partial charge in [0.1, 0.15) is 0 Å². The van der Waals surface area contributed by atoms with E-state index in [1.54, 1.807) is 0 Å². The minimum atomic E-state index is -5.08. The second-order valence-electron chi connectivity index (χ2n) is 7.43. The Morgan fingerprint density at radius 3 is 2.32 bits per heavy atom. The second-order valence-corrected chi connectivity index (χ2v) is 7.43. The molecule has 0 bridgehead atoms. The maximum Gasteiger partial charge on any atom is 0.490 e. The molecule has 2 fully saturated rings. The first-order chi connectivity index (χ1) is 14.7. The highest BCUT2D eigenvalue weighted by atomic mass is 19.4. The highest BCUT2D eigenvalue weighted by molar-refractivity contribution is 5.73. The van der Waals surface area contributed by atoms with Crippen molar-refractivity contribution in [3.8, 4) is 0 Å². The van der Waals surface area contributed by atoms with Gasteiger partial charge in [0.2, 0.25) is 5.95 Å². The Bertz CT molecular complexity index is 848. The van der Waals surface area contributed by atoms with Crippen LogP contribution in [0.4, 0.5) is 23.5 Å². The van der Waals surface area contributed by atoms with Crippen LogP contribution in [0.3, 0.4) is 0 Å². The minimum Gasteiger partial charge on any atom is -0.475 e. The molecule has 1 N–H and O–H groups in total. The number of carboxylic acid groups (broad SMARTS) is 1. The third-order valence-corrected chi connectivity index (χ3v) is 5.03. The number of carbonyl (C=O) groups is 1. The van der Waals surface area contributed by atoms with Gasteiger partial charge in [-0.05, 0) is 49.3 Å². The van der Waals surface area contributed by atoms with Crippen LogP contribution in [0.15, 0.2) is 36.9 Å². The monoisotopic (exact) mass is 442 g/mol. The summed E-state index contributed by atoms with van der Waals surface area (Å²) in [5, 5.41) is 7.12. The fourth-order valence-electron chi connectivity index (χ4n) is 3.27. The molecule has 0 aromatic carbocycles. The van der Waals surface area contributed by atoms with Gasteiger partial charge in [0, 0.05) is 25.5 Å². The molecule has 2 aromatic rings. The van der Waals surface area contributed by atoms with Crippen LogP contribution in [-0.4, -0.2) is 57.5 Å². The van der Waals surface area contributed by atoms with Crippen LogP contribution < -0.4 is 4.90 Å². The summed E-state index contributed by atoms with van der Waals surface area (Å²) in [4.78, 5) is 23.5. The van der Waals surface area contributed by atoms with Crippen molar-refractivity contribution in [2.24, 2.45) is 5.92 Å². The third kappa shape index (κ3) is 6.84. The van der Waals surface area contributed by atoms with E-state index >= 15 is 0 Å². The smallest absolute Gasteiger partial charge is 0.475 e. The van der Waals surface area contributed by atoms with Crippen molar-refractivity contribution >= 4 is 11.9 Å². The van der Waals surface area contributed by atoms with Gasteiger partial charge in [0.05, 0.1) is 24.5 Å². The number of aliphatic carboxylic acids is 1. The van der Waals surface area contributed by atoms with Crippen LogP contribution in [0.2, 0.25) is 0 Å². The van der Waals surface area contributed by atoms with Crippen LogP contribution in [0, 0.1) is 11.7 Å². The molecular formula is C20H22F4N4O3. The Hall–Kier alpha value is -2.82. The van der Waals surface area contributed by atoms with Crippen molar-refractivity contribution in [1.82, 2.24) is 15.0 Å². The Morgan fingerprint density at radius 2 is 1.77 bits per heavy atom. The molecule has 3 heterocycles. The van der Waals surface area contributed by atoms with E-state index in [4.69, 9.17) is 14.6 Å². The highest BCUT2D eigenvalue weighted by Gasteiger charge is 2.38. The van der Waals surface area contributed by atoms with Gasteiger partial charge in [0.15, 0.2) is 5.82 Å². The number of aromatic nitrogens is 3. The molecule has 0 spiro atoms. The quantitative estimate of drug-likeness (QED) is 0.687. The molecular weight excluding hydrogens is 420 g/mol. The maximum absolute atomic E-state index is 13.1. The highest BCUT2D eigenvalue weighted by Crippen LogP contribution is 2.32. The molecule has 168 valence electrons. The van der Waals surface area contributed by atoms with Gasteiger partial charge in [-0.3, -0.25) is 4.98 Å². The summed E-state index contributed by atoms with van der Waals surface area (Å²) in [5.74, 6) is -1.85. The average molecular weight is 442 g/mol. The van der Waals surface area contributed by atoms with Crippen molar-refractivity contribution in [2.45, 2.75) is 44.0 Å². The lowest BCUT2D eigenvalue weighted by Gasteiger charge is -2.28. The van der Waals surface area contributed by atoms with E-state index in [1.165, 1.54) is 30.8 Å². The molecule has 31 heavy (non-hydrogen) atoms. The first kappa shape index (κ1) is 22.9. The first-order valence-corrected chi connectivity index (χ1v) is 9.79. The number of hydrogen-bond donors (Lipinski definition) is 1. The fraction of sp³-hybridized carbons (Fsp3) is 0.500. The van der Waals surface area contributed by atoms with E-state index in [9.17, 15) is 17.6 Å². The Morgan fingerprint density at radius 1 is 1.16 bits per heavy atom. The predicted molar refractivity (Wildman–Crippen MR) is 102 cm³/mol. The van der Waals surface area contributed by atoms with E-state index in [-0.39, 0.29) is 12.1 Å². The third-order valence-electron chi connectivity index (χ3n) is 5.03. The minimum absolute atomic E-state index is 0.160. The predicted octanol–water partition coefficient (Wildman–Crippen LogP) is 3.26. The maximum atomic E-state index is 13.1. The number of rotatable bonds is 6. The van der Waals surface area contributed by atoms with E-state index in [1.807, 2.05) is 24.5 Å². The molecule has 0 radical (unpaired) electrons. The summed E-state index contributed by atoms with van der Waals surface area (Å²) in [5.41, 5.74) is 1.21. The first-order valence-electron chi connectivity index (χ1n) is 9.79. The summed E-state index contributed by atoms with van der Waals surface area (Å²) in [6.45, 7) is 1.67. The number of ether oxygens (including phenoxy) is 1. The van der Waals surface area contributed by atoms with Gasteiger partial charge in [0.25, 0.3) is 0 Å². The lowest BCUT2D eigenvalue weighted by atomic mass is 10.0. The Labute approximate surface area is 176 Å². The molecule has 1 aliphatic carbocycles. The van der Waals surface area contributed by atoms with Crippen molar-refractivity contribution < 1.29 is 32.2 Å². The van der Waals surface area contributed by atoms with E-state index in [2.05, 4.69) is 19.9 Å². The number of alkyl halides is 3. The lowest BCUT2D eigenvalue weighted by molar-refractivity contribution is -0.192. The van der Waals surface area contributed by atoms with Crippen molar-refractivity contribution in [2.75, 3.05) is 18.1 Å². The van der Waals surface area contributed by atoms with Gasteiger partial charge in [-0.1, -0.05) is 0 Å². The molecule has 7 nitrogen and oxygen atoms in total. The number of pyridine rings is 1. The molecule has 4 rings (SSSR count). The van der Waals surface area contributed by atoms with Gasteiger partial charge in [-0.25, -0.2) is 19.2 Å². The van der Waals surface area contributed by atoms with Crippen LogP contribution in [0.1, 0.15) is 24.8 Å². The van der Waals surface area contributed by atoms with Crippen LogP contribution >= 0.6 is 0 Å². The van der Waals surface area contributed by atoms with E-state index in [0.29, 0.717) is 5.95 Å². The van der Waals surface area contributed by atoms with Gasteiger partial charge in [-0.15, -0.1) is 0 Å². The van der Waals surface area contributed by atoms with Crippen LogP contribution in [0.25, 0.3) is 0 Å². The van der Waals surface area contributed by atoms with Gasteiger partial charge in [-0.2, -0.15) is 13.2 Å². The zero-order valence-electron chi connectivity index (χ0n) is 16.5. The van der Waals surface area contributed by atoms with Crippen LogP contribution in [-0.2, 0) is 16.0 Å². The largest absolute Gasteiger partial charge is 0.490 e. The summed E-state index contributed by atoms with van der Waals surface area (Å²) >= 11 is 0. The average Bonchev–Trinajstić information content (AvgIpc) is 3.48. The van der Waals surface area contributed by atoms with E-state index < -0.39 is 18.0 Å². The second kappa shape index (κ2) is 9.99.